The van der Waals surface area contributed by atoms with Crippen molar-refractivity contribution in [3.8, 4) is 12.3 Å². The fourth-order valence-electron chi connectivity index (χ4n) is 2.69. The summed E-state index contributed by atoms with van der Waals surface area (Å²) in [5, 5.41) is 12.3. The largest absolute Gasteiger partial charge is 0.479 e. The number of likely N-dealkylation sites (tertiary alicyclic amines) is 1. The number of urea groups is 1. The lowest BCUT2D eigenvalue weighted by Crippen LogP contribution is -2.57. The van der Waals surface area contributed by atoms with Gasteiger partial charge in [-0.25, -0.2) is 9.59 Å². The van der Waals surface area contributed by atoms with Crippen LogP contribution in [-0.4, -0.2) is 40.1 Å². The normalized spacial score (nSPS) is 23.7. The van der Waals surface area contributed by atoms with Crippen LogP contribution < -0.4 is 5.32 Å². The van der Waals surface area contributed by atoms with E-state index in [1.165, 1.54) is 4.90 Å². The quantitative estimate of drug-likeness (QED) is 0.746. The second kappa shape index (κ2) is 6.46. The van der Waals surface area contributed by atoms with Gasteiger partial charge in [-0.05, 0) is 26.2 Å². The van der Waals surface area contributed by atoms with E-state index in [0.29, 0.717) is 25.8 Å². The Morgan fingerprint density at radius 2 is 2.26 bits per heavy atom. The van der Waals surface area contributed by atoms with Crippen LogP contribution in [0.3, 0.4) is 0 Å². The number of terminal acetylenes is 1. The van der Waals surface area contributed by atoms with E-state index < -0.39 is 11.5 Å². The van der Waals surface area contributed by atoms with Crippen LogP contribution in [0.2, 0.25) is 0 Å². The number of hydrogen-bond acceptors (Lipinski definition) is 2. The molecular formula is C14H22N2O3. The Balaban J connectivity index is 2.82. The Hall–Kier alpha value is -1.70. The molecule has 1 aliphatic rings. The van der Waals surface area contributed by atoms with Crippen LogP contribution in [0.4, 0.5) is 4.79 Å². The van der Waals surface area contributed by atoms with Crippen molar-refractivity contribution in [2.75, 3.05) is 6.54 Å². The minimum absolute atomic E-state index is 0.147. The van der Waals surface area contributed by atoms with Crippen LogP contribution in [0.15, 0.2) is 0 Å². The van der Waals surface area contributed by atoms with E-state index in [0.717, 1.165) is 12.8 Å². The zero-order valence-corrected chi connectivity index (χ0v) is 11.6. The van der Waals surface area contributed by atoms with Crippen molar-refractivity contribution in [1.29, 1.82) is 0 Å². The Morgan fingerprint density at radius 3 is 2.79 bits per heavy atom. The number of carboxylic acids is 1. The number of carboxylic acid groups (broad SMARTS) is 1. The fraction of sp³-hybridized carbons (Fsp3) is 0.714. The van der Waals surface area contributed by atoms with Gasteiger partial charge in [-0.3, -0.25) is 0 Å². The van der Waals surface area contributed by atoms with Crippen molar-refractivity contribution in [3.05, 3.63) is 0 Å². The zero-order chi connectivity index (χ0) is 14.5. The summed E-state index contributed by atoms with van der Waals surface area (Å²) in [6, 6.07) is -0.470. The van der Waals surface area contributed by atoms with E-state index in [4.69, 9.17) is 6.42 Å². The Labute approximate surface area is 114 Å². The van der Waals surface area contributed by atoms with Crippen molar-refractivity contribution in [2.24, 2.45) is 0 Å². The SMILES string of the molecule is C#CCC(C)NC(=O)N1CCCC1(CCC)C(=O)O. The third-order valence-electron chi connectivity index (χ3n) is 3.59. The first-order valence-corrected chi connectivity index (χ1v) is 6.73. The summed E-state index contributed by atoms with van der Waals surface area (Å²) in [5.41, 5.74) is -1.05. The molecule has 0 aromatic carbocycles. The van der Waals surface area contributed by atoms with Gasteiger partial charge in [0.25, 0.3) is 0 Å². The molecule has 0 spiro atoms. The van der Waals surface area contributed by atoms with Crippen LogP contribution in [0, 0.1) is 12.3 Å². The molecule has 2 atom stereocenters. The molecule has 1 rings (SSSR count). The first-order chi connectivity index (χ1) is 8.97. The summed E-state index contributed by atoms with van der Waals surface area (Å²) >= 11 is 0. The van der Waals surface area contributed by atoms with Gasteiger partial charge in [0.05, 0.1) is 0 Å². The number of amides is 2. The van der Waals surface area contributed by atoms with Crippen molar-refractivity contribution in [1.82, 2.24) is 10.2 Å². The van der Waals surface area contributed by atoms with E-state index in [1.54, 1.807) is 0 Å². The first-order valence-electron chi connectivity index (χ1n) is 6.73. The van der Waals surface area contributed by atoms with Gasteiger partial charge in [0.2, 0.25) is 0 Å². The third-order valence-corrected chi connectivity index (χ3v) is 3.59. The lowest BCUT2D eigenvalue weighted by molar-refractivity contribution is -0.148. The van der Waals surface area contributed by atoms with Gasteiger partial charge >= 0.3 is 12.0 Å². The molecule has 5 heteroatoms. The monoisotopic (exact) mass is 266 g/mol. The van der Waals surface area contributed by atoms with Crippen molar-refractivity contribution < 1.29 is 14.7 Å². The van der Waals surface area contributed by atoms with Crippen LogP contribution >= 0.6 is 0 Å². The summed E-state index contributed by atoms with van der Waals surface area (Å²) in [7, 11) is 0. The minimum Gasteiger partial charge on any atom is -0.479 e. The number of carbonyl (C=O) groups excluding carboxylic acids is 1. The lowest BCUT2D eigenvalue weighted by atomic mass is 9.91. The summed E-state index contributed by atoms with van der Waals surface area (Å²) in [4.78, 5) is 25.3. The second-order valence-corrected chi connectivity index (χ2v) is 5.10. The molecule has 1 saturated heterocycles. The molecule has 0 aromatic heterocycles. The molecule has 0 radical (unpaired) electrons. The highest BCUT2D eigenvalue weighted by Gasteiger charge is 2.49. The van der Waals surface area contributed by atoms with Crippen LogP contribution in [0.5, 0.6) is 0 Å². The second-order valence-electron chi connectivity index (χ2n) is 5.10. The van der Waals surface area contributed by atoms with Gasteiger partial charge in [0, 0.05) is 19.0 Å². The fourth-order valence-corrected chi connectivity index (χ4v) is 2.69. The van der Waals surface area contributed by atoms with E-state index in [2.05, 4.69) is 11.2 Å². The molecule has 0 bridgehead atoms. The van der Waals surface area contributed by atoms with Gasteiger partial charge in [-0.2, -0.15) is 0 Å². The predicted molar refractivity (Wildman–Crippen MR) is 72.7 cm³/mol. The van der Waals surface area contributed by atoms with Gasteiger partial charge in [0.15, 0.2) is 0 Å². The molecule has 1 heterocycles. The maximum Gasteiger partial charge on any atom is 0.329 e. The number of hydrogen-bond donors (Lipinski definition) is 2. The molecule has 2 amide bonds. The third kappa shape index (κ3) is 3.19. The van der Waals surface area contributed by atoms with Gasteiger partial charge in [-0.1, -0.05) is 13.3 Å². The smallest absolute Gasteiger partial charge is 0.329 e. The summed E-state index contributed by atoms with van der Waals surface area (Å²) in [6.45, 7) is 4.23. The Morgan fingerprint density at radius 1 is 1.58 bits per heavy atom. The molecule has 19 heavy (non-hydrogen) atoms. The van der Waals surface area contributed by atoms with E-state index in [1.807, 2.05) is 13.8 Å². The topological polar surface area (TPSA) is 69.6 Å². The van der Waals surface area contributed by atoms with E-state index >= 15 is 0 Å². The van der Waals surface area contributed by atoms with E-state index in [-0.39, 0.29) is 12.1 Å². The standard InChI is InChI=1S/C14H22N2O3/c1-4-7-11(3)15-13(19)16-10-6-9-14(16,8-5-2)12(17)18/h1,11H,5-10H2,2-3H3,(H,15,19)(H,17,18). The van der Waals surface area contributed by atoms with E-state index in [9.17, 15) is 14.7 Å². The van der Waals surface area contributed by atoms with Crippen LogP contribution in [0.25, 0.3) is 0 Å². The molecule has 0 saturated carbocycles. The van der Waals surface area contributed by atoms with Gasteiger partial charge in [0.1, 0.15) is 5.54 Å². The Bertz CT molecular complexity index is 389. The van der Waals surface area contributed by atoms with Gasteiger partial charge in [-0.15, -0.1) is 12.3 Å². The van der Waals surface area contributed by atoms with Crippen molar-refractivity contribution in [2.45, 2.75) is 57.5 Å². The minimum atomic E-state index is -1.05. The number of carbonyl (C=O) groups is 2. The molecule has 2 N–H and O–H groups in total. The molecule has 1 fully saturated rings. The Kier molecular flexibility index (Phi) is 5.22. The van der Waals surface area contributed by atoms with Crippen molar-refractivity contribution in [3.63, 3.8) is 0 Å². The lowest BCUT2D eigenvalue weighted by Gasteiger charge is -2.35. The summed E-state index contributed by atoms with van der Waals surface area (Å²) in [6.07, 6.45) is 8.10. The number of rotatable bonds is 5. The maximum absolute atomic E-state index is 12.2. The summed E-state index contributed by atoms with van der Waals surface area (Å²) in [5.74, 6) is 1.57. The average Bonchev–Trinajstić information content (AvgIpc) is 2.74. The number of aliphatic carboxylic acids is 1. The zero-order valence-electron chi connectivity index (χ0n) is 11.6. The van der Waals surface area contributed by atoms with Gasteiger partial charge < -0.3 is 15.3 Å². The first kappa shape index (κ1) is 15.4. The molecule has 5 nitrogen and oxygen atoms in total. The molecule has 0 aliphatic carbocycles. The van der Waals surface area contributed by atoms with Crippen LogP contribution in [-0.2, 0) is 4.79 Å². The number of nitrogens with zero attached hydrogens (tertiary/aromatic N) is 1. The predicted octanol–water partition coefficient (Wildman–Crippen LogP) is 1.83. The summed E-state index contributed by atoms with van der Waals surface area (Å²) < 4.78 is 0. The molecular weight excluding hydrogens is 244 g/mol. The highest BCUT2D eigenvalue weighted by atomic mass is 16.4. The number of nitrogens with one attached hydrogen (secondary N) is 1. The highest BCUT2D eigenvalue weighted by Crippen LogP contribution is 2.34. The average molecular weight is 266 g/mol. The molecule has 106 valence electrons. The molecule has 1 aliphatic heterocycles. The van der Waals surface area contributed by atoms with Crippen molar-refractivity contribution >= 4 is 12.0 Å². The molecule has 0 aromatic rings. The maximum atomic E-state index is 12.2. The highest BCUT2D eigenvalue weighted by molar-refractivity contribution is 5.87. The molecule has 2 unspecified atom stereocenters. The van der Waals surface area contributed by atoms with Crippen LogP contribution in [0.1, 0.15) is 46.0 Å².